The Hall–Kier alpha value is 0.230. The van der Waals surface area contributed by atoms with Gasteiger partial charge >= 0.3 is 0 Å². The number of fused-ring (bicyclic) bond motifs is 1. The fraction of sp³-hybridized carbons (Fsp3) is 1.00. The number of hydrogen-bond acceptors (Lipinski definition) is 4. The van der Waals surface area contributed by atoms with Crippen LogP contribution in [0.15, 0.2) is 0 Å². The van der Waals surface area contributed by atoms with Gasteiger partial charge in [-0.2, -0.15) is 0 Å². The summed E-state index contributed by atoms with van der Waals surface area (Å²) in [6.45, 7) is 10.1. The smallest absolute Gasteiger partial charge is 0.124 e. The highest BCUT2D eigenvalue weighted by molar-refractivity contribution is 7.96. The molecule has 3 nitrogen and oxygen atoms in total. The van der Waals surface area contributed by atoms with Crippen LogP contribution >= 0.6 is 12.0 Å². The van der Waals surface area contributed by atoms with Gasteiger partial charge < -0.3 is 13.7 Å². The molecular weight excluding hydrogens is 212 g/mol. The summed E-state index contributed by atoms with van der Waals surface area (Å²) in [7, 11) is 0. The van der Waals surface area contributed by atoms with Crippen molar-refractivity contribution in [1.82, 2.24) is 0 Å². The number of ether oxygens (including phenoxy) is 2. The predicted octanol–water partition coefficient (Wildman–Crippen LogP) is 2.25. The molecule has 15 heavy (non-hydrogen) atoms. The predicted molar refractivity (Wildman–Crippen MR) is 60.9 cm³/mol. The van der Waals surface area contributed by atoms with Crippen LogP contribution in [0.2, 0.25) is 0 Å². The van der Waals surface area contributed by atoms with Crippen LogP contribution in [0.3, 0.4) is 0 Å². The molecule has 0 amide bonds. The standard InChI is InChI=1S/C11H20O3S/c1-7-5-12-10-8(6-13-9(7)10)14-15-11(2,3)4/h7-10H,5-6H2,1-4H3/t7?,8?,9-,10-/m1/s1. The molecule has 2 aliphatic rings. The second-order valence-electron chi connectivity index (χ2n) is 5.40. The van der Waals surface area contributed by atoms with E-state index in [0.717, 1.165) is 6.61 Å². The van der Waals surface area contributed by atoms with Crippen LogP contribution in [0.5, 0.6) is 0 Å². The molecule has 2 saturated heterocycles. The van der Waals surface area contributed by atoms with E-state index in [2.05, 4.69) is 27.7 Å². The van der Waals surface area contributed by atoms with E-state index in [1.807, 2.05) is 0 Å². The van der Waals surface area contributed by atoms with Gasteiger partial charge in [0.2, 0.25) is 0 Å². The average Bonchev–Trinajstić information content (AvgIpc) is 2.65. The number of rotatable bonds is 2. The van der Waals surface area contributed by atoms with Gasteiger partial charge in [-0.3, -0.25) is 0 Å². The molecule has 2 fully saturated rings. The van der Waals surface area contributed by atoms with Crippen molar-refractivity contribution in [1.29, 1.82) is 0 Å². The molecule has 0 aliphatic carbocycles. The summed E-state index contributed by atoms with van der Waals surface area (Å²) < 4.78 is 17.3. The van der Waals surface area contributed by atoms with Crippen molar-refractivity contribution in [3.8, 4) is 0 Å². The molecule has 0 radical (unpaired) electrons. The molecule has 0 aromatic heterocycles. The molecule has 2 unspecified atom stereocenters. The zero-order valence-electron chi connectivity index (χ0n) is 9.86. The van der Waals surface area contributed by atoms with Crippen molar-refractivity contribution in [2.45, 2.75) is 50.8 Å². The molecule has 0 aromatic rings. The van der Waals surface area contributed by atoms with Crippen molar-refractivity contribution >= 4 is 12.0 Å². The zero-order valence-corrected chi connectivity index (χ0v) is 10.7. The van der Waals surface area contributed by atoms with Gasteiger partial charge in [-0.1, -0.05) is 6.92 Å². The molecule has 4 heteroatoms. The van der Waals surface area contributed by atoms with Crippen LogP contribution < -0.4 is 0 Å². The third kappa shape index (κ3) is 2.67. The quantitative estimate of drug-likeness (QED) is 0.683. The minimum absolute atomic E-state index is 0.101. The van der Waals surface area contributed by atoms with Crippen LogP contribution in [0.4, 0.5) is 0 Å². The van der Waals surface area contributed by atoms with Crippen molar-refractivity contribution in [3.63, 3.8) is 0 Å². The monoisotopic (exact) mass is 232 g/mol. The van der Waals surface area contributed by atoms with Crippen LogP contribution in [0, 0.1) is 5.92 Å². The van der Waals surface area contributed by atoms with Crippen LogP contribution in [-0.2, 0) is 13.7 Å². The fourth-order valence-electron chi connectivity index (χ4n) is 1.94. The Morgan fingerprint density at radius 3 is 2.47 bits per heavy atom. The van der Waals surface area contributed by atoms with E-state index < -0.39 is 0 Å². The third-order valence-electron chi connectivity index (χ3n) is 2.68. The minimum Gasteiger partial charge on any atom is -0.372 e. The normalized spacial score (nSPS) is 40.8. The Bertz CT molecular complexity index is 226. The molecule has 0 aromatic carbocycles. The van der Waals surface area contributed by atoms with Gasteiger partial charge in [0, 0.05) is 10.7 Å². The Kier molecular flexibility index (Phi) is 3.31. The molecule has 2 aliphatic heterocycles. The van der Waals surface area contributed by atoms with Gasteiger partial charge in [-0.15, -0.1) is 0 Å². The summed E-state index contributed by atoms with van der Waals surface area (Å²) in [6, 6.07) is 0. The Morgan fingerprint density at radius 1 is 1.13 bits per heavy atom. The average molecular weight is 232 g/mol. The van der Waals surface area contributed by atoms with Gasteiger partial charge in [0.15, 0.2) is 0 Å². The maximum absolute atomic E-state index is 5.80. The minimum atomic E-state index is 0.101. The molecule has 2 rings (SSSR count). The number of hydrogen-bond donors (Lipinski definition) is 0. The van der Waals surface area contributed by atoms with Crippen molar-refractivity contribution in [2.75, 3.05) is 13.2 Å². The summed E-state index contributed by atoms with van der Waals surface area (Å²) >= 11 is 1.52. The maximum atomic E-state index is 5.80. The first-order valence-corrected chi connectivity index (χ1v) is 6.29. The van der Waals surface area contributed by atoms with Gasteiger partial charge in [0.1, 0.15) is 12.2 Å². The van der Waals surface area contributed by atoms with E-state index in [1.165, 1.54) is 12.0 Å². The second kappa shape index (κ2) is 4.24. The van der Waals surface area contributed by atoms with Gasteiger partial charge in [-0.05, 0) is 32.8 Å². The lowest BCUT2D eigenvalue weighted by Gasteiger charge is -2.21. The Labute approximate surface area is 96.0 Å². The lowest BCUT2D eigenvalue weighted by Crippen LogP contribution is -2.30. The van der Waals surface area contributed by atoms with E-state index in [0.29, 0.717) is 12.5 Å². The van der Waals surface area contributed by atoms with E-state index in [4.69, 9.17) is 13.7 Å². The first-order valence-electron chi connectivity index (χ1n) is 5.55. The molecular formula is C11H20O3S. The Morgan fingerprint density at radius 2 is 1.80 bits per heavy atom. The summed E-state index contributed by atoms with van der Waals surface area (Å²) in [4.78, 5) is 0. The molecule has 0 N–H and O–H groups in total. The SMILES string of the molecule is CC1CO[C@@H]2C(OSC(C)(C)C)CO[C@H]12. The van der Waals surface area contributed by atoms with Crippen LogP contribution in [0.25, 0.3) is 0 Å². The largest absolute Gasteiger partial charge is 0.372 e. The van der Waals surface area contributed by atoms with Crippen molar-refractivity contribution in [2.24, 2.45) is 5.92 Å². The molecule has 0 saturated carbocycles. The van der Waals surface area contributed by atoms with E-state index in [9.17, 15) is 0 Å². The van der Waals surface area contributed by atoms with E-state index >= 15 is 0 Å². The molecule has 0 bridgehead atoms. The molecule has 0 spiro atoms. The first kappa shape index (κ1) is 11.7. The summed E-state index contributed by atoms with van der Waals surface area (Å²) in [6.07, 6.45) is 0.495. The lowest BCUT2D eigenvalue weighted by atomic mass is 10.0. The van der Waals surface area contributed by atoms with Gasteiger partial charge in [-0.25, -0.2) is 0 Å². The van der Waals surface area contributed by atoms with E-state index in [-0.39, 0.29) is 23.1 Å². The van der Waals surface area contributed by atoms with Gasteiger partial charge in [0.05, 0.1) is 19.3 Å². The summed E-state index contributed by atoms with van der Waals surface area (Å²) in [5.41, 5.74) is 0. The summed E-state index contributed by atoms with van der Waals surface area (Å²) in [5, 5.41) is 0. The first-order chi connectivity index (χ1) is 6.97. The lowest BCUT2D eigenvalue weighted by molar-refractivity contribution is 0.0381. The highest BCUT2D eigenvalue weighted by Crippen LogP contribution is 2.36. The fourth-order valence-corrected chi connectivity index (χ4v) is 2.52. The van der Waals surface area contributed by atoms with Crippen molar-refractivity contribution in [3.05, 3.63) is 0 Å². The molecule has 88 valence electrons. The maximum Gasteiger partial charge on any atom is 0.124 e. The molecule has 4 atom stereocenters. The summed E-state index contributed by atoms with van der Waals surface area (Å²) in [5.74, 6) is 0.503. The Balaban J connectivity index is 1.85. The zero-order chi connectivity index (χ0) is 11.1. The highest BCUT2D eigenvalue weighted by atomic mass is 32.2. The highest BCUT2D eigenvalue weighted by Gasteiger charge is 2.47. The third-order valence-corrected chi connectivity index (χ3v) is 3.52. The van der Waals surface area contributed by atoms with Gasteiger partial charge in [0.25, 0.3) is 0 Å². The topological polar surface area (TPSA) is 27.7 Å². The van der Waals surface area contributed by atoms with Crippen LogP contribution in [-0.4, -0.2) is 36.3 Å². The second-order valence-corrected chi connectivity index (χ2v) is 6.99. The van der Waals surface area contributed by atoms with E-state index in [1.54, 1.807) is 0 Å². The van der Waals surface area contributed by atoms with Crippen LogP contribution in [0.1, 0.15) is 27.7 Å². The van der Waals surface area contributed by atoms with Crippen molar-refractivity contribution < 1.29 is 13.7 Å². The molecule has 2 heterocycles.